The van der Waals surface area contributed by atoms with Gasteiger partial charge in [0, 0.05) is 5.41 Å². The molecule has 0 amide bonds. The Morgan fingerprint density at radius 2 is 2.07 bits per heavy atom. The van der Waals surface area contributed by atoms with Gasteiger partial charge in [-0.25, -0.2) is 4.39 Å². The average molecular weight is 192 g/mol. The molecule has 0 aromatic heterocycles. The Kier molecular flexibility index (Phi) is 2.34. The summed E-state index contributed by atoms with van der Waals surface area (Å²) in [6.07, 6.45) is 2.46. The van der Waals surface area contributed by atoms with Crippen LogP contribution in [0.3, 0.4) is 0 Å². The quantitative estimate of drug-likeness (QED) is 0.669. The summed E-state index contributed by atoms with van der Waals surface area (Å²) in [5.74, 6) is 0. The fraction of sp³-hybridized carbons (Fsp3) is 0.538. The van der Waals surface area contributed by atoms with E-state index in [0.29, 0.717) is 0 Å². The minimum absolute atomic E-state index is 0.161. The molecule has 14 heavy (non-hydrogen) atoms. The lowest BCUT2D eigenvalue weighted by Crippen LogP contribution is -2.41. The van der Waals surface area contributed by atoms with Crippen molar-refractivity contribution < 1.29 is 4.39 Å². The van der Waals surface area contributed by atoms with Crippen molar-refractivity contribution in [2.24, 2.45) is 0 Å². The maximum atomic E-state index is 13.6. The number of benzene rings is 1. The van der Waals surface area contributed by atoms with Gasteiger partial charge in [-0.05, 0) is 32.3 Å². The van der Waals surface area contributed by atoms with E-state index in [2.05, 4.69) is 25.1 Å². The molecule has 1 aromatic rings. The minimum atomic E-state index is -0.724. The molecule has 1 heteroatoms. The largest absolute Gasteiger partial charge is 0.247 e. The van der Waals surface area contributed by atoms with Crippen LogP contribution in [0.5, 0.6) is 0 Å². The van der Waals surface area contributed by atoms with Gasteiger partial charge in [0.1, 0.15) is 6.17 Å². The maximum Gasteiger partial charge on any atom is 0.107 e. The van der Waals surface area contributed by atoms with Crippen molar-refractivity contribution >= 4 is 0 Å². The minimum Gasteiger partial charge on any atom is -0.247 e. The summed E-state index contributed by atoms with van der Waals surface area (Å²) in [7, 11) is 0. The first-order valence-corrected chi connectivity index (χ1v) is 5.36. The summed E-state index contributed by atoms with van der Waals surface area (Å²) in [5.41, 5.74) is 2.26. The molecule has 1 aliphatic rings. The van der Waals surface area contributed by atoms with Crippen LogP contribution in [0, 0.1) is 6.92 Å². The third-order valence-corrected chi connectivity index (χ3v) is 3.60. The second-order valence-electron chi connectivity index (χ2n) is 4.50. The molecule has 0 aliphatic heterocycles. The summed E-state index contributed by atoms with van der Waals surface area (Å²) in [6, 6.07) is 8.31. The summed E-state index contributed by atoms with van der Waals surface area (Å²) >= 11 is 0. The van der Waals surface area contributed by atoms with Crippen molar-refractivity contribution in [1.29, 1.82) is 0 Å². The molecule has 0 bridgehead atoms. The second kappa shape index (κ2) is 3.38. The Balaban J connectivity index is 2.37. The van der Waals surface area contributed by atoms with E-state index in [9.17, 15) is 4.39 Å². The molecule has 0 saturated heterocycles. The molecule has 1 aliphatic carbocycles. The van der Waals surface area contributed by atoms with E-state index >= 15 is 0 Å². The van der Waals surface area contributed by atoms with Crippen LogP contribution in [0.25, 0.3) is 0 Å². The van der Waals surface area contributed by atoms with Gasteiger partial charge in [0.25, 0.3) is 0 Å². The lowest BCUT2D eigenvalue weighted by molar-refractivity contribution is 0.114. The van der Waals surface area contributed by atoms with Gasteiger partial charge < -0.3 is 0 Å². The Labute approximate surface area is 85.1 Å². The SMILES string of the molecule is Cc1cccc(C2(C(C)F)CCC2)c1. The first kappa shape index (κ1) is 9.70. The zero-order valence-electron chi connectivity index (χ0n) is 8.89. The first-order valence-electron chi connectivity index (χ1n) is 5.36. The highest BCUT2D eigenvalue weighted by molar-refractivity contribution is 5.32. The monoisotopic (exact) mass is 192 g/mol. The zero-order chi connectivity index (χ0) is 10.2. The van der Waals surface area contributed by atoms with Crippen molar-refractivity contribution in [2.75, 3.05) is 0 Å². The summed E-state index contributed by atoms with van der Waals surface area (Å²) < 4.78 is 13.6. The number of rotatable bonds is 2. The first-order chi connectivity index (χ1) is 6.65. The van der Waals surface area contributed by atoms with Gasteiger partial charge in [-0.1, -0.05) is 36.2 Å². The van der Waals surface area contributed by atoms with Crippen LogP contribution in [0.1, 0.15) is 37.3 Å². The fourth-order valence-corrected chi connectivity index (χ4v) is 2.43. The van der Waals surface area contributed by atoms with Crippen LogP contribution in [0.2, 0.25) is 0 Å². The summed E-state index contributed by atoms with van der Waals surface area (Å²) in [4.78, 5) is 0. The smallest absolute Gasteiger partial charge is 0.107 e. The summed E-state index contributed by atoms with van der Waals surface area (Å²) in [6.45, 7) is 3.76. The van der Waals surface area contributed by atoms with E-state index in [1.54, 1.807) is 6.92 Å². The predicted molar refractivity (Wildman–Crippen MR) is 57.3 cm³/mol. The molecular weight excluding hydrogens is 175 g/mol. The topological polar surface area (TPSA) is 0 Å². The zero-order valence-corrected chi connectivity index (χ0v) is 8.89. The molecular formula is C13H17F. The third-order valence-electron chi connectivity index (χ3n) is 3.60. The number of halogens is 1. The van der Waals surface area contributed by atoms with Crippen LogP contribution in [-0.4, -0.2) is 6.17 Å². The molecule has 0 spiro atoms. The molecule has 1 aromatic carbocycles. The van der Waals surface area contributed by atoms with Gasteiger partial charge in [-0.2, -0.15) is 0 Å². The molecule has 1 fully saturated rings. The number of alkyl halides is 1. The molecule has 1 saturated carbocycles. The van der Waals surface area contributed by atoms with Gasteiger partial charge >= 0.3 is 0 Å². The number of hydrogen-bond donors (Lipinski definition) is 0. The molecule has 2 rings (SSSR count). The third kappa shape index (κ3) is 1.35. The Morgan fingerprint density at radius 1 is 1.36 bits per heavy atom. The average Bonchev–Trinajstić information content (AvgIpc) is 2.00. The molecule has 0 N–H and O–H groups in total. The molecule has 0 heterocycles. The molecule has 1 unspecified atom stereocenters. The highest BCUT2D eigenvalue weighted by atomic mass is 19.1. The Bertz CT molecular complexity index is 324. The molecule has 0 radical (unpaired) electrons. The molecule has 0 nitrogen and oxygen atoms in total. The fourth-order valence-electron chi connectivity index (χ4n) is 2.43. The van der Waals surface area contributed by atoms with Gasteiger partial charge in [0.15, 0.2) is 0 Å². The number of hydrogen-bond acceptors (Lipinski definition) is 0. The standard InChI is InChI=1S/C13H17F/c1-10-5-3-6-12(9-10)13(11(2)14)7-4-8-13/h3,5-6,9,11H,4,7-8H2,1-2H3. The Hall–Kier alpha value is -0.850. The van der Waals surface area contributed by atoms with E-state index in [4.69, 9.17) is 0 Å². The van der Waals surface area contributed by atoms with Gasteiger partial charge in [-0.3, -0.25) is 0 Å². The highest BCUT2D eigenvalue weighted by Crippen LogP contribution is 2.47. The lowest BCUT2D eigenvalue weighted by Gasteiger charge is -2.44. The van der Waals surface area contributed by atoms with Crippen molar-refractivity contribution in [1.82, 2.24) is 0 Å². The van der Waals surface area contributed by atoms with Crippen molar-refractivity contribution in [3.8, 4) is 0 Å². The van der Waals surface area contributed by atoms with E-state index in [-0.39, 0.29) is 5.41 Å². The molecule has 76 valence electrons. The van der Waals surface area contributed by atoms with Gasteiger partial charge in [0.2, 0.25) is 0 Å². The van der Waals surface area contributed by atoms with Crippen LogP contribution in [0.4, 0.5) is 4.39 Å². The van der Waals surface area contributed by atoms with E-state index in [1.807, 2.05) is 6.07 Å². The van der Waals surface area contributed by atoms with Gasteiger partial charge in [0.05, 0.1) is 0 Å². The highest BCUT2D eigenvalue weighted by Gasteiger charge is 2.43. The number of aryl methyl sites for hydroxylation is 1. The lowest BCUT2D eigenvalue weighted by atomic mass is 9.62. The van der Waals surface area contributed by atoms with Crippen LogP contribution in [-0.2, 0) is 5.41 Å². The van der Waals surface area contributed by atoms with Gasteiger partial charge in [-0.15, -0.1) is 0 Å². The van der Waals surface area contributed by atoms with E-state index in [0.717, 1.165) is 12.8 Å². The van der Waals surface area contributed by atoms with Crippen molar-refractivity contribution in [3.63, 3.8) is 0 Å². The van der Waals surface area contributed by atoms with Crippen LogP contribution < -0.4 is 0 Å². The predicted octanol–water partition coefficient (Wildman–Crippen LogP) is 3.77. The van der Waals surface area contributed by atoms with Crippen molar-refractivity contribution in [2.45, 2.75) is 44.7 Å². The van der Waals surface area contributed by atoms with Crippen LogP contribution in [0.15, 0.2) is 24.3 Å². The molecule has 1 atom stereocenters. The second-order valence-corrected chi connectivity index (χ2v) is 4.50. The summed E-state index contributed by atoms with van der Waals surface area (Å²) in [5, 5.41) is 0. The van der Waals surface area contributed by atoms with E-state index in [1.165, 1.54) is 17.5 Å². The normalized spacial score (nSPS) is 21.4. The maximum absolute atomic E-state index is 13.6. The van der Waals surface area contributed by atoms with E-state index < -0.39 is 6.17 Å². The Morgan fingerprint density at radius 3 is 2.50 bits per heavy atom. The van der Waals surface area contributed by atoms with Crippen LogP contribution >= 0.6 is 0 Å². The van der Waals surface area contributed by atoms with Crippen molar-refractivity contribution in [3.05, 3.63) is 35.4 Å².